The first-order chi connectivity index (χ1) is 12.5. The number of carbonyl (C=O) groups excluding carboxylic acids is 1. The molecule has 6 heteroatoms. The van der Waals surface area contributed by atoms with E-state index < -0.39 is 12.1 Å². The second-order valence-electron chi connectivity index (χ2n) is 6.37. The number of ether oxygens (including phenoxy) is 1. The van der Waals surface area contributed by atoms with Gasteiger partial charge in [-0.2, -0.15) is 0 Å². The van der Waals surface area contributed by atoms with E-state index in [0.717, 1.165) is 25.7 Å². The highest BCUT2D eigenvalue weighted by Gasteiger charge is 2.24. The fraction of sp³-hybridized carbons (Fsp3) is 0.300. The first kappa shape index (κ1) is 17.9. The monoisotopic (exact) mass is 355 g/mol. The normalized spacial score (nSPS) is 19.6. The van der Waals surface area contributed by atoms with Crippen molar-refractivity contribution >= 4 is 17.6 Å². The van der Waals surface area contributed by atoms with Crippen molar-refractivity contribution in [2.75, 3.05) is 5.32 Å². The highest BCUT2D eigenvalue weighted by molar-refractivity contribution is 6.04. The lowest BCUT2D eigenvalue weighted by Gasteiger charge is -2.28. The van der Waals surface area contributed by atoms with Crippen LogP contribution in [0.5, 0.6) is 5.75 Å². The Bertz CT molecular complexity index is 770. The zero-order valence-electron chi connectivity index (χ0n) is 14.2. The second-order valence-corrected chi connectivity index (χ2v) is 6.37. The minimum atomic E-state index is -1.03. The molecule has 2 atom stereocenters. The number of aliphatic hydroxyl groups is 1. The summed E-state index contributed by atoms with van der Waals surface area (Å²) in [6.45, 7) is 0. The van der Waals surface area contributed by atoms with E-state index in [-0.39, 0.29) is 17.6 Å². The lowest BCUT2D eigenvalue weighted by atomic mass is 9.95. The van der Waals surface area contributed by atoms with Gasteiger partial charge in [-0.25, -0.2) is 4.79 Å². The molecule has 2 aromatic rings. The molecule has 1 aliphatic carbocycles. The Kier molecular flexibility index (Phi) is 5.53. The summed E-state index contributed by atoms with van der Waals surface area (Å²) in [6.07, 6.45) is 3.07. The van der Waals surface area contributed by atoms with Gasteiger partial charge in [0.1, 0.15) is 11.9 Å². The number of hydrogen-bond acceptors (Lipinski definition) is 4. The van der Waals surface area contributed by atoms with Crippen LogP contribution in [0.1, 0.15) is 46.4 Å². The molecule has 2 unspecified atom stereocenters. The molecular weight excluding hydrogens is 334 g/mol. The number of amides is 1. The van der Waals surface area contributed by atoms with Gasteiger partial charge in [0.25, 0.3) is 5.91 Å². The molecule has 0 aliphatic heterocycles. The van der Waals surface area contributed by atoms with Crippen LogP contribution in [0.2, 0.25) is 0 Å². The Morgan fingerprint density at radius 3 is 2.15 bits per heavy atom. The number of aliphatic hydroxyl groups excluding tert-OH is 1. The van der Waals surface area contributed by atoms with Gasteiger partial charge >= 0.3 is 5.97 Å². The van der Waals surface area contributed by atoms with Crippen LogP contribution < -0.4 is 10.1 Å². The molecule has 0 spiro atoms. The van der Waals surface area contributed by atoms with E-state index in [1.54, 1.807) is 24.3 Å². The number of carboxylic acid groups (broad SMARTS) is 1. The van der Waals surface area contributed by atoms with Crippen molar-refractivity contribution in [1.29, 1.82) is 0 Å². The molecule has 0 bridgehead atoms. The van der Waals surface area contributed by atoms with Crippen molar-refractivity contribution in [1.82, 2.24) is 0 Å². The van der Waals surface area contributed by atoms with E-state index in [1.165, 1.54) is 24.3 Å². The van der Waals surface area contributed by atoms with Crippen molar-refractivity contribution in [3.05, 3.63) is 59.7 Å². The quantitative estimate of drug-likeness (QED) is 0.765. The van der Waals surface area contributed by atoms with Gasteiger partial charge in [-0.1, -0.05) is 6.42 Å². The SMILES string of the molecule is O=C(O)c1ccc(C(=O)Nc2ccc(OC3CCCCC3O)cc2)cc1. The number of carbonyl (C=O) groups is 2. The molecule has 0 saturated heterocycles. The largest absolute Gasteiger partial charge is 0.488 e. The van der Waals surface area contributed by atoms with Gasteiger partial charge in [-0.3, -0.25) is 4.79 Å². The molecule has 26 heavy (non-hydrogen) atoms. The van der Waals surface area contributed by atoms with Gasteiger partial charge in [-0.05, 0) is 67.8 Å². The smallest absolute Gasteiger partial charge is 0.335 e. The average molecular weight is 355 g/mol. The molecule has 1 aliphatic rings. The predicted molar refractivity (Wildman–Crippen MR) is 96.7 cm³/mol. The fourth-order valence-corrected chi connectivity index (χ4v) is 2.97. The standard InChI is InChI=1S/C20H21NO5/c22-17-3-1-2-4-18(17)26-16-11-9-15(10-12-16)21-19(23)13-5-7-14(8-6-13)20(24)25/h5-12,17-18,22H,1-4H2,(H,21,23)(H,24,25). The summed E-state index contributed by atoms with van der Waals surface area (Å²) >= 11 is 0. The first-order valence-electron chi connectivity index (χ1n) is 8.62. The van der Waals surface area contributed by atoms with Gasteiger partial charge < -0.3 is 20.3 Å². The fourth-order valence-electron chi connectivity index (χ4n) is 2.97. The highest BCUT2D eigenvalue weighted by atomic mass is 16.5. The van der Waals surface area contributed by atoms with Crippen LogP contribution in [0.25, 0.3) is 0 Å². The van der Waals surface area contributed by atoms with Gasteiger partial charge in [0, 0.05) is 11.3 Å². The number of benzene rings is 2. The summed E-state index contributed by atoms with van der Waals surface area (Å²) in [4.78, 5) is 23.1. The molecule has 2 aromatic carbocycles. The van der Waals surface area contributed by atoms with Crippen LogP contribution in [0.4, 0.5) is 5.69 Å². The molecule has 1 fully saturated rings. The summed E-state index contributed by atoms with van der Waals surface area (Å²) in [5.74, 6) is -0.700. The number of aromatic carboxylic acids is 1. The van der Waals surface area contributed by atoms with E-state index in [9.17, 15) is 14.7 Å². The van der Waals surface area contributed by atoms with Crippen LogP contribution in [-0.2, 0) is 0 Å². The Hall–Kier alpha value is -2.86. The molecule has 6 nitrogen and oxygen atoms in total. The maximum atomic E-state index is 12.2. The Morgan fingerprint density at radius 2 is 1.54 bits per heavy atom. The minimum absolute atomic E-state index is 0.132. The minimum Gasteiger partial charge on any atom is -0.488 e. The number of nitrogens with one attached hydrogen (secondary N) is 1. The van der Waals surface area contributed by atoms with Crippen molar-refractivity contribution in [3.63, 3.8) is 0 Å². The Morgan fingerprint density at radius 1 is 0.923 bits per heavy atom. The Balaban J connectivity index is 1.59. The maximum absolute atomic E-state index is 12.2. The van der Waals surface area contributed by atoms with E-state index >= 15 is 0 Å². The van der Waals surface area contributed by atoms with E-state index in [0.29, 0.717) is 17.0 Å². The molecule has 3 rings (SSSR count). The summed E-state index contributed by atoms with van der Waals surface area (Å²) in [7, 11) is 0. The van der Waals surface area contributed by atoms with Crippen molar-refractivity contribution in [2.24, 2.45) is 0 Å². The van der Waals surface area contributed by atoms with Crippen LogP contribution in [0, 0.1) is 0 Å². The summed E-state index contributed by atoms with van der Waals surface area (Å²) in [5, 5.41) is 21.6. The van der Waals surface area contributed by atoms with Gasteiger partial charge in [0.15, 0.2) is 0 Å². The van der Waals surface area contributed by atoms with Crippen LogP contribution in [0.3, 0.4) is 0 Å². The van der Waals surface area contributed by atoms with Gasteiger partial charge in [0.05, 0.1) is 11.7 Å². The van der Waals surface area contributed by atoms with Gasteiger partial charge in [0.2, 0.25) is 0 Å². The molecule has 0 aromatic heterocycles. The molecule has 0 heterocycles. The molecule has 136 valence electrons. The molecule has 1 amide bonds. The zero-order valence-corrected chi connectivity index (χ0v) is 14.2. The number of rotatable bonds is 5. The second kappa shape index (κ2) is 8.01. The van der Waals surface area contributed by atoms with Crippen molar-refractivity contribution in [2.45, 2.75) is 37.9 Å². The number of carboxylic acids is 1. The molecule has 1 saturated carbocycles. The van der Waals surface area contributed by atoms with Gasteiger partial charge in [-0.15, -0.1) is 0 Å². The lowest BCUT2D eigenvalue weighted by molar-refractivity contribution is 0.00688. The van der Waals surface area contributed by atoms with Crippen molar-refractivity contribution < 1.29 is 24.5 Å². The molecule has 0 radical (unpaired) electrons. The third-order valence-electron chi connectivity index (χ3n) is 4.46. The topological polar surface area (TPSA) is 95.9 Å². The van der Waals surface area contributed by atoms with Crippen LogP contribution >= 0.6 is 0 Å². The van der Waals surface area contributed by atoms with Crippen molar-refractivity contribution in [3.8, 4) is 5.75 Å². The maximum Gasteiger partial charge on any atom is 0.335 e. The third kappa shape index (κ3) is 4.40. The van der Waals surface area contributed by atoms with E-state index in [1.807, 2.05) is 0 Å². The molecular formula is C20H21NO5. The summed E-state index contributed by atoms with van der Waals surface area (Å²) in [5.41, 5.74) is 1.11. The number of hydrogen-bond donors (Lipinski definition) is 3. The van der Waals surface area contributed by atoms with E-state index in [2.05, 4.69) is 5.32 Å². The summed E-state index contributed by atoms with van der Waals surface area (Å²) < 4.78 is 5.83. The predicted octanol–water partition coefficient (Wildman–Crippen LogP) is 3.32. The van der Waals surface area contributed by atoms with E-state index in [4.69, 9.17) is 9.84 Å². The zero-order chi connectivity index (χ0) is 18.5. The lowest BCUT2D eigenvalue weighted by Crippen LogP contribution is -2.34. The van der Waals surface area contributed by atoms with Crippen LogP contribution in [-0.4, -0.2) is 34.3 Å². The summed E-state index contributed by atoms with van der Waals surface area (Å²) in [6, 6.07) is 12.7. The Labute approximate surface area is 151 Å². The molecule has 3 N–H and O–H groups in total. The number of anilines is 1. The first-order valence-corrected chi connectivity index (χ1v) is 8.62. The third-order valence-corrected chi connectivity index (χ3v) is 4.46. The van der Waals surface area contributed by atoms with Crippen LogP contribution in [0.15, 0.2) is 48.5 Å². The average Bonchev–Trinajstić information content (AvgIpc) is 2.65. The highest BCUT2D eigenvalue weighted by Crippen LogP contribution is 2.25.